The van der Waals surface area contributed by atoms with Crippen molar-refractivity contribution < 1.29 is 19.1 Å². The van der Waals surface area contributed by atoms with Crippen LogP contribution in [-0.4, -0.2) is 33.8 Å². The molecule has 1 aromatic carbocycles. The minimum Gasteiger partial charge on any atom is -0.448 e. The Kier molecular flexibility index (Phi) is 6.56. The average Bonchev–Trinajstić information content (AvgIpc) is 2.87. The van der Waals surface area contributed by atoms with Gasteiger partial charge in [0.25, 0.3) is 5.91 Å². The van der Waals surface area contributed by atoms with Crippen LogP contribution < -0.4 is 11.1 Å². The SMILES string of the molecule is Cc1ccc(Cn2nc(C)c(C(=O)O[C@@H](C(=O)NC(N)=O)C(C)C)c2C)cc1. The van der Waals surface area contributed by atoms with Gasteiger partial charge in [-0.25, -0.2) is 9.59 Å². The van der Waals surface area contributed by atoms with Crippen molar-refractivity contribution in [3.63, 3.8) is 0 Å². The number of hydrogen-bond donors (Lipinski definition) is 2. The Morgan fingerprint density at radius 3 is 2.29 bits per heavy atom. The Morgan fingerprint density at radius 1 is 1.14 bits per heavy atom. The zero-order valence-corrected chi connectivity index (χ0v) is 16.8. The number of esters is 1. The van der Waals surface area contributed by atoms with Gasteiger partial charge in [-0.2, -0.15) is 5.10 Å². The van der Waals surface area contributed by atoms with Gasteiger partial charge >= 0.3 is 12.0 Å². The van der Waals surface area contributed by atoms with Gasteiger partial charge in [0.1, 0.15) is 5.56 Å². The molecule has 0 saturated carbocycles. The number of aromatic nitrogens is 2. The van der Waals surface area contributed by atoms with Gasteiger partial charge in [0, 0.05) is 0 Å². The molecule has 3 amide bonds. The van der Waals surface area contributed by atoms with Gasteiger partial charge in [0.05, 0.1) is 17.9 Å². The number of hydrogen-bond acceptors (Lipinski definition) is 5. The summed E-state index contributed by atoms with van der Waals surface area (Å²) < 4.78 is 7.12. The van der Waals surface area contributed by atoms with Crippen LogP contribution >= 0.6 is 0 Å². The molecule has 0 aliphatic carbocycles. The standard InChI is InChI=1S/C20H26N4O4/c1-11(2)17(18(25)22-20(21)27)28-19(26)16-13(4)23-24(14(16)5)10-15-8-6-12(3)7-9-15/h6-9,11,17H,10H2,1-5H3,(H3,21,22,25,27)/t17-/m1/s1. The number of rotatable bonds is 6. The lowest BCUT2D eigenvalue weighted by Crippen LogP contribution is -2.45. The van der Waals surface area contributed by atoms with Crippen LogP contribution in [0.3, 0.4) is 0 Å². The average molecular weight is 386 g/mol. The van der Waals surface area contributed by atoms with Gasteiger partial charge in [-0.1, -0.05) is 43.7 Å². The Hall–Kier alpha value is -3.16. The Labute approximate surface area is 164 Å². The number of benzene rings is 1. The number of aryl methyl sites for hydroxylation is 2. The van der Waals surface area contributed by atoms with Gasteiger partial charge < -0.3 is 10.5 Å². The van der Waals surface area contributed by atoms with E-state index >= 15 is 0 Å². The van der Waals surface area contributed by atoms with Crippen LogP contribution in [0.4, 0.5) is 4.79 Å². The van der Waals surface area contributed by atoms with E-state index in [0.717, 1.165) is 11.1 Å². The normalized spacial score (nSPS) is 11.9. The van der Waals surface area contributed by atoms with Crippen LogP contribution in [0.15, 0.2) is 24.3 Å². The first-order valence-corrected chi connectivity index (χ1v) is 9.01. The molecular weight excluding hydrogens is 360 g/mol. The lowest BCUT2D eigenvalue weighted by molar-refractivity contribution is -0.130. The first-order chi connectivity index (χ1) is 13.1. The van der Waals surface area contributed by atoms with Crippen molar-refractivity contribution in [3.05, 3.63) is 52.3 Å². The topological polar surface area (TPSA) is 116 Å². The molecule has 0 saturated heterocycles. The molecule has 0 radical (unpaired) electrons. The summed E-state index contributed by atoms with van der Waals surface area (Å²) >= 11 is 0. The minimum atomic E-state index is -1.14. The van der Waals surface area contributed by atoms with Gasteiger partial charge in [-0.05, 0) is 32.3 Å². The molecule has 8 nitrogen and oxygen atoms in total. The molecule has 0 unspecified atom stereocenters. The van der Waals surface area contributed by atoms with Gasteiger partial charge in [0.2, 0.25) is 0 Å². The second-order valence-electron chi connectivity index (χ2n) is 7.11. The number of amides is 3. The minimum absolute atomic E-state index is 0.310. The van der Waals surface area contributed by atoms with Gasteiger partial charge in [-0.15, -0.1) is 0 Å². The molecule has 0 spiro atoms. The summed E-state index contributed by atoms with van der Waals surface area (Å²) in [5, 5.41) is 6.39. The first kappa shape index (κ1) is 21.1. The van der Waals surface area contributed by atoms with E-state index in [4.69, 9.17) is 10.5 Å². The van der Waals surface area contributed by atoms with Crippen molar-refractivity contribution in [1.82, 2.24) is 15.1 Å². The number of primary amides is 1. The monoisotopic (exact) mass is 386 g/mol. The Bertz CT molecular complexity index is 884. The summed E-state index contributed by atoms with van der Waals surface area (Å²) in [6.45, 7) is 9.43. The molecule has 0 fully saturated rings. The molecule has 0 aliphatic rings. The molecule has 0 aliphatic heterocycles. The highest BCUT2D eigenvalue weighted by atomic mass is 16.5. The lowest BCUT2D eigenvalue weighted by atomic mass is 10.1. The molecule has 1 atom stereocenters. The van der Waals surface area contributed by atoms with Gasteiger partial charge in [-0.3, -0.25) is 14.8 Å². The maximum absolute atomic E-state index is 12.7. The predicted molar refractivity (Wildman–Crippen MR) is 104 cm³/mol. The second-order valence-corrected chi connectivity index (χ2v) is 7.11. The summed E-state index contributed by atoms with van der Waals surface area (Å²) in [6, 6.07) is 7.05. The van der Waals surface area contributed by atoms with E-state index in [1.54, 1.807) is 32.4 Å². The third kappa shape index (κ3) is 4.97. The zero-order chi connectivity index (χ0) is 21.0. The molecule has 0 bridgehead atoms. The molecule has 8 heteroatoms. The lowest BCUT2D eigenvalue weighted by Gasteiger charge is -2.20. The highest BCUT2D eigenvalue weighted by molar-refractivity contribution is 5.98. The molecule has 1 aromatic heterocycles. The summed E-state index contributed by atoms with van der Waals surface area (Å²) in [4.78, 5) is 35.8. The third-order valence-electron chi connectivity index (χ3n) is 4.38. The molecule has 2 rings (SSSR count). The second kappa shape index (κ2) is 8.69. The van der Waals surface area contributed by atoms with Crippen molar-refractivity contribution in [2.45, 2.75) is 47.3 Å². The van der Waals surface area contributed by atoms with E-state index in [2.05, 4.69) is 5.10 Å². The number of carbonyl (C=O) groups is 3. The fraction of sp³-hybridized carbons (Fsp3) is 0.400. The van der Waals surface area contributed by atoms with Gasteiger partial charge in [0.15, 0.2) is 6.10 Å². The van der Waals surface area contributed by atoms with Crippen LogP contribution in [0, 0.1) is 26.7 Å². The summed E-state index contributed by atoms with van der Waals surface area (Å²) in [6.07, 6.45) is -1.14. The van der Waals surface area contributed by atoms with E-state index in [9.17, 15) is 14.4 Å². The molecule has 2 aromatic rings. The van der Waals surface area contributed by atoms with Crippen molar-refractivity contribution in [1.29, 1.82) is 0 Å². The number of nitrogens with one attached hydrogen (secondary N) is 1. The number of carbonyl (C=O) groups excluding carboxylic acids is 3. The quantitative estimate of drug-likeness (QED) is 0.739. The molecule has 3 N–H and O–H groups in total. The fourth-order valence-electron chi connectivity index (χ4n) is 2.87. The fourth-order valence-corrected chi connectivity index (χ4v) is 2.87. The van der Waals surface area contributed by atoms with E-state index < -0.39 is 24.0 Å². The zero-order valence-electron chi connectivity index (χ0n) is 16.8. The van der Waals surface area contributed by atoms with Crippen LogP contribution in [0.5, 0.6) is 0 Å². The number of ether oxygens (including phenoxy) is 1. The molecule has 1 heterocycles. The molecule has 150 valence electrons. The van der Waals surface area contributed by atoms with E-state index in [1.807, 2.05) is 36.5 Å². The predicted octanol–water partition coefficient (Wildman–Crippen LogP) is 2.23. The molecule has 28 heavy (non-hydrogen) atoms. The highest BCUT2D eigenvalue weighted by Gasteiger charge is 2.30. The maximum Gasteiger partial charge on any atom is 0.342 e. The van der Waals surface area contributed by atoms with Crippen LogP contribution in [-0.2, 0) is 16.1 Å². The van der Waals surface area contributed by atoms with Crippen molar-refractivity contribution in [2.75, 3.05) is 0 Å². The van der Waals surface area contributed by atoms with Crippen molar-refractivity contribution in [3.8, 4) is 0 Å². The highest BCUT2D eigenvalue weighted by Crippen LogP contribution is 2.19. The largest absolute Gasteiger partial charge is 0.448 e. The third-order valence-corrected chi connectivity index (χ3v) is 4.38. The Balaban J connectivity index is 2.22. The number of nitrogens with two attached hydrogens (primary N) is 1. The number of imide groups is 1. The van der Waals surface area contributed by atoms with Crippen LogP contribution in [0.2, 0.25) is 0 Å². The first-order valence-electron chi connectivity index (χ1n) is 9.01. The van der Waals surface area contributed by atoms with E-state index in [-0.39, 0.29) is 5.92 Å². The van der Waals surface area contributed by atoms with Crippen molar-refractivity contribution >= 4 is 17.9 Å². The van der Waals surface area contributed by atoms with Crippen LogP contribution in [0.25, 0.3) is 0 Å². The molecular formula is C20H26N4O4. The number of urea groups is 1. The summed E-state index contributed by atoms with van der Waals surface area (Å²) in [5.41, 5.74) is 8.65. The van der Waals surface area contributed by atoms with E-state index in [0.29, 0.717) is 23.5 Å². The smallest absolute Gasteiger partial charge is 0.342 e. The summed E-state index contributed by atoms with van der Waals surface area (Å²) in [7, 11) is 0. The number of nitrogens with zero attached hydrogens (tertiary/aromatic N) is 2. The van der Waals surface area contributed by atoms with Crippen LogP contribution in [0.1, 0.15) is 46.7 Å². The van der Waals surface area contributed by atoms with E-state index in [1.165, 1.54) is 0 Å². The maximum atomic E-state index is 12.7. The summed E-state index contributed by atoms with van der Waals surface area (Å²) in [5.74, 6) is -1.76. The van der Waals surface area contributed by atoms with Crippen molar-refractivity contribution in [2.24, 2.45) is 11.7 Å². The Morgan fingerprint density at radius 2 is 1.75 bits per heavy atom.